The van der Waals surface area contributed by atoms with Crippen molar-refractivity contribution >= 4 is 42.4 Å². The van der Waals surface area contributed by atoms with Crippen molar-refractivity contribution in [2.75, 3.05) is 14.1 Å². The van der Waals surface area contributed by atoms with E-state index in [1.54, 1.807) is 0 Å². The third-order valence-corrected chi connectivity index (χ3v) is 12.9. The van der Waals surface area contributed by atoms with E-state index in [4.69, 9.17) is 0 Å². The van der Waals surface area contributed by atoms with Gasteiger partial charge in [-0.3, -0.25) is 0 Å². The minimum Gasteiger partial charge on any atom is -0.302 e. The SMILES string of the molecule is CN(C)[C@H]([C]1[CH][CH][CH][C]1P(c1ccccc1)c1ccccc1)c1cccc(P(c2ccccc2)c2ccccc2)c1.[CH]1[CH][CH][CH][CH]1.[Fe]. The summed E-state index contributed by atoms with van der Waals surface area (Å²) in [6.45, 7) is 0. The van der Waals surface area contributed by atoms with Crippen LogP contribution in [0.25, 0.3) is 0 Å². The Kier molecular flexibility index (Phi) is 13.9. The summed E-state index contributed by atoms with van der Waals surface area (Å²) in [6, 6.07) is 53.4. The molecule has 0 aromatic heterocycles. The molecule has 2 aliphatic rings. The zero-order chi connectivity index (χ0) is 31.6. The van der Waals surface area contributed by atoms with Crippen LogP contribution in [0.1, 0.15) is 11.6 Å². The predicted octanol–water partition coefficient (Wildman–Crippen LogP) is 7.93. The molecule has 5 aromatic rings. The van der Waals surface area contributed by atoms with E-state index in [0.717, 1.165) is 0 Å². The molecular formula is C43H39FeNP2. The maximum Gasteiger partial charge on any atom is 0.0417 e. The van der Waals surface area contributed by atoms with Crippen molar-refractivity contribution in [1.29, 1.82) is 0 Å². The van der Waals surface area contributed by atoms with Crippen LogP contribution in [0.4, 0.5) is 0 Å². The van der Waals surface area contributed by atoms with Gasteiger partial charge in [0, 0.05) is 34.7 Å². The fourth-order valence-corrected chi connectivity index (χ4v) is 10.8. The van der Waals surface area contributed by atoms with Gasteiger partial charge in [0.05, 0.1) is 0 Å². The Morgan fingerprint density at radius 1 is 0.426 bits per heavy atom. The van der Waals surface area contributed by atoms with Crippen LogP contribution in [0, 0.1) is 62.9 Å². The molecule has 0 saturated heterocycles. The minimum atomic E-state index is -0.692. The van der Waals surface area contributed by atoms with Crippen LogP contribution in [-0.2, 0) is 17.1 Å². The minimum absolute atomic E-state index is 0. The maximum absolute atomic E-state index is 2.46. The largest absolute Gasteiger partial charge is 0.302 e. The van der Waals surface area contributed by atoms with Gasteiger partial charge in [0.15, 0.2) is 0 Å². The first-order valence-electron chi connectivity index (χ1n) is 15.7. The molecule has 0 unspecified atom stereocenters. The molecule has 1 nitrogen and oxygen atoms in total. The van der Waals surface area contributed by atoms with Crippen LogP contribution in [0.2, 0.25) is 0 Å². The van der Waals surface area contributed by atoms with Crippen LogP contribution in [0.3, 0.4) is 0 Å². The van der Waals surface area contributed by atoms with Crippen LogP contribution >= 0.6 is 15.8 Å². The molecule has 0 heterocycles. The van der Waals surface area contributed by atoms with Crippen LogP contribution in [0.15, 0.2) is 146 Å². The zero-order valence-electron chi connectivity index (χ0n) is 26.7. The van der Waals surface area contributed by atoms with E-state index < -0.39 is 15.8 Å². The van der Waals surface area contributed by atoms with Crippen molar-refractivity contribution in [3.63, 3.8) is 0 Å². The van der Waals surface area contributed by atoms with Gasteiger partial charge in [-0.2, -0.15) is 0 Å². The summed E-state index contributed by atoms with van der Waals surface area (Å²) < 4.78 is 0. The number of rotatable bonds is 9. The van der Waals surface area contributed by atoms with Gasteiger partial charge in [-0.1, -0.05) is 140 Å². The van der Waals surface area contributed by atoms with Crippen molar-refractivity contribution in [3.8, 4) is 0 Å². The van der Waals surface area contributed by atoms with Crippen molar-refractivity contribution < 1.29 is 17.1 Å². The van der Waals surface area contributed by atoms with E-state index in [1.807, 2.05) is 32.1 Å². The number of benzene rings is 5. The number of hydrogen-bond acceptors (Lipinski definition) is 1. The molecule has 10 radical (unpaired) electrons. The smallest absolute Gasteiger partial charge is 0.0417 e. The molecule has 4 heteroatoms. The fraction of sp³-hybridized carbons (Fsp3) is 0.0698. The molecule has 47 heavy (non-hydrogen) atoms. The molecule has 2 saturated carbocycles. The Morgan fingerprint density at radius 3 is 1.26 bits per heavy atom. The van der Waals surface area contributed by atoms with Gasteiger partial charge in [0.2, 0.25) is 0 Å². The van der Waals surface area contributed by atoms with Crippen molar-refractivity contribution in [3.05, 3.63) is 214 Å². The number of nitrogens with zero attached hydrogens (tertiary/aromatic N) is 1. The molecule has 1 atom stereocenters. The second kappa shape index (κ2) is 18.3. The van der Waals surface area contributed by atoms with Gasteiger partial charge in [-0.15, -0.1) is 0 Å². The molecule has 2 aliphatic carbocycles. The van der Waals surface area contributed by atoms with E-state index in [1.165, 1.54) is 43.7 Å². The first kappa shape index (κ1) is 35.7. The summed E-state index contributed by atoms with van der Waals surface area (Å²) in [5, 5.41) is 6.88. The Hall–Kier alpha value is -2.56. The fourth-order valence-electron chi connectivity index (χ4n) is 5.95. The second-order valence-corrected chi connectivity index (χ2v) is 15.7. The Morgan fingerprint density at radius 2 is 0.830 bits per heavy atom. The molecule has 0 N–H and O–H groups in total. The molecule has 7 rings (SSSR count). The van der Waals surface area contributed by atoms with Gasteiger partial charge in [0.1, 0.15) is 0 Å². The quantitative estimate of drug-likeness (QED) is 0.112. The molecule has 0 spiro atoms. The summed E-state index contributed by atoms with van der Waals surface area (Å²) in [5.74, 6) is 1.38. The summed E-state index contributed by atoms with van der Waals surface area (Å²) in [5.41, 5.74) is 2.75. The monoisotopic (exact) mass is 687 g/mol. The Labute approximate surface area is 297 Å². The van der Waals surface area contributed by atoms with Gasteiger partial charge >= 0.3 is 0 Å². The van der Waals surface area contributed by atoms with Crippen molar-refractivity contribution in [1.82, 2.24) is 4.90 Å². The number of hydrogen-bond donors (Lipinski definition) is 0. The van der Waals surface area contributed by atoms with E-state index in [2.05, 4.69) is 184 Å². The normalized spacial score (nSPS) is 15.8. The zero-order valence-corrected chi connectivity index (χ0v) is 29.6. The Balaban J connectivity index is 0.000000662. The van der Waals surface area contributed by atoms with Crippen LogP contribution in [0.5, 0.6) is 0 Å². The topological polar surface area (TPSA) is 3.24 Å². The second-order valence-electron chi connectivity index (χ2n) is 11.3. The third-order valence-electron chi connectivity index (χ3n) is 7.93. The summed E-state index contributed by atoms with van der Waals surface area (Å²) in [6.07, 6.45) is 16.9. The average molecular weight is 688 g/mol. The van der Waals surface area contributed by atoms with Crippen LogP contribution < -0.4 is 26.5 Å². The summed E-state index contributed by atoms with van der Waals surface area (Å²) >= 11 is 0. The van der Waals surface area contributed by atoms with Gasteiger partial charge in [-0.05, 0) is 119 Å². The summed E-state index contributed by atoms with van der Waals surface area (Å²) in [4.78, 5) is 2.37. The average Bonchev–Trinajstić information content (AvgIpc) is 3.84. The predicted molar refractivity (Wildman–Crippen MR) is 202 cm³/mol. The molecule has 0 amide bonds. The maximum atomic E-state index is 2.46. The Bertz CT molecular complexity index is 1510. The van der Waals surface area contributed by atoms with Crippen molar-refractivity contribution in [2.45, 2.75) is 6.04 Å². The molecule has 0 bridgehead atoms. The van der Waals surface area contributed by atoms with Crippen molar-refractivity contribution in [2.24, 2.45) is 0 Å². The van der Waals surface area contributed by atoms with Crippen LogP contribution in [-0.4, -0.2) is 19.0 Å². The molecule has 0 aliphatic heterocycles. The first-order valence-corrected chi connectivity index (χ1v) is 18.4. The molecule has 2 fully saturated rings. The van der Waals surface area contributed by atoms with E-state index >= 15 is 0 Å². The van der Waals surface area contributed by atoms with E-state index in [-0.39, 0.29) is 23.1 Å². The summed E-state index contributed by atoms with van der Waals surface area (Å²) in [7, 11) is 3.05. The third kappa shape index (κ3) is 9.12. The van der Waals surface area contributed by atoms with Gasteiger partial charge in [0.25, 0.3) is 0 Å². The molecule has 5 aromatic carbocycles. The van der Waals surface area contributed by atoms with Gasteiger partial charge in [-0.25, -0.2) is 0 Å². The molecule has 234 valence electrons. The van der Waals surface area contributed by atoms with E-state index in [9.17, 15) is 0 Å². The standard InChI is InChI=1S/C38H34NP2.C5H5.Fe/c1-39(2)38(36-27-16-28-37(36)41(33-22-11-5-12-23-33)34-24-13-6-14-25-34)30-17-15-26-35(29-30)40(31-18-7-3-8-19-31)32-20-9-4-10-21-32;1-2-4-5-3-1;/h3-29,38H,1-2H3;1-5H;/t38-;;/m0../s1. The van der Waals surface area contributed by atoms with Gasteiger partial charge < -0.3 is 4.90 Å². The molecular weight excluding hydrogens is 648 g/mol. The first-order chi connectivity index (χ1) is 22.7. The van der Waals surface area contributed by atoms with E-state index in [0.29, 0.717) is 0 Å².